The zero-order chi connectivity index (χ0) is 21.8. The van der Waals surface area contributed by atoms with Crippen LogP contribution in [0.15, 0.2) is 42.5 Å². The largest absolute Gasteiger partial charge is 0.462 e. The third-order valence-electron chi connectivity index (χ3n) is 4.38. The number of nitrogens with one attached hydrogen (secondary N) is 1. The Kier molecular flexibility index (Phi) is 6.99. The van der Waals surface area contributed by atoms with Gasteiger partial charge < -0.3 is 10.1 Å². The summed E-state index contributed by atoms with van der Waals surface area (Å²) in [7, 11) is 0.716. The highest BCUT2D eigenvalue weighted by atomic mass is 32.2. The lowest BCUT2D eigenvalue weighted by molar-refractivity contribution is 0.0525. The minimum absolute atomic E-state index is 0.263. The van der Waals surface area contributed by atoms with E-state index in [-0.39, 0.29) is 12.5 Å². The lowest BCUT2D eigenvalue weighted by Crippen LogP contribution is -2.37. The second kappa shape index (κ2) is 9.06. The first-order valence-electron chi connectivity index (χ1n) is 8.94. The van der Waals surface area contributed by atoms with E-state index in [9.17, 15) is 18.0 Å². The molecule has 2 rings (SSSR count). The standard InChI is InChI=1S/C20H25N3O5S/c1-6-28-20(25)17-8-7-9-18(14(17)2)21-19(24)15-10-12-16(13-11-15)23(5)29(26,27)22(3)4/h7-13H,6H2,1-5H3,(H,21,24). The lowest BCUT2D eigenvalue weighted by atomic mass is 10.1. The summed E-state index contributed by atoms with van der Waals surface area (Å²) in [6, 6.07) is 11.2. The number of anilines is 2. The molecule has 9 heteroatoms. The van der Waals surface area contributed by atoms with Crippen LogP contribution in [-0.2, 0) is 14.9 Å². The SMILES string of the molecule is CCOC(=O)c1cccc(NC(=O)c2ccc(N(C)S(=O)(=O)N(C)C)cc2)c1C. The topological polar surface area (TPSA) is 96.0 Å². The minimum atomic E-state index is -3.61. The van der Waals surface area contributed by atoms with Gasteiger partial charge in [0.05, 0.1) is 17.9 Å². The van der Waals surface area contributed by atoms with E-state index in [0.717, 1.165) is 8.61 Å². The molecule has 0 aliphatic rings. The number of hydrogen-bond donors (Lipinski definition) is 1. The van der Waals surface area contributed by atoms with Gasteiger partial charge in [-0.2, -0.15) is 12.7 Å². The first-order valence-corrected chi connectivity index (χ1v) is 10.3. The summed E-state index contributed by atoms with van der Waals surface area (Å²) in [4.78, 5) is 24.6. The molecule has 1 N–H and O–H groups in total. The fourth-order valence-electron chi connectivity index (χ4n) is 2.60. The van der Waals surface area contributed by atoms with Gasteiger partial charge in [-0.15, -0.1) is 0 Å². The minimum Gasteiger partial charge on any atom is -0.462 e. The van der Waals surface area contributed by atoms with Crippen LogP contribution in [0.1, 0.15) is 33.2 Å². The molecule has 0 aliphatic heterocycles. The summed E-state index contributed by atoms with van der Waals surface area (Å²) in [5.74, 6) is -0.825. The Bertz CT molecular complexity index is 1000. The normalized spacial score (nSPS) is 11.2. The average Bonchev–Trinajstić information content (AvgIpc) is 2.69. The van der Waals surface area contributed by atoms with Gasteiger partial charge in [-0.1, -0.05) is 6.07 Å². The molecule has 156 valence electrons. The molecule has 0 heterocycles. The van der Waals surface area contributed by atoms with Crippen molar-refractivity contribution in [1.29, 1.82) is 0 Å². The van der Waals surface area contributed by atoms with Crippen molar-refractivity contribution in [2.24, 2.45) is 0 Å². The number of benzene rings is 2. The predicted molar refractivity (Wildman–Crippen MR) is 113 cm³/mol. The van der Waals surface area contributed by atoms with Crippen molar-refractivity contribution in [1.82, 2.24) is 4.31 Å². The van der Waals surface area contributed by atoms with E-state index in [4.69, 9.17) is 4.74 Å². The maximum absolute atomic E-state index is 12.6. The molecule has 8 nitrogen and oxygen atoms in total. The summed E-state index contributed by atoms with van der Waals surface area (Å²) in [6.07, 6.45) is 0. The molecular weight excluding hydrogens is 394 g/mol. The van der Waals surface area contributed by atoms with Gasteiger partial charge in [0.2, 0.25) is 0 Å². The van der Waals surface area contributed by atoms with Gasteiger partial charge in [-0.05, 0) is 55.8 Å². The van der Waals surface area contributed by atoms with Crippen LogP contribution in [0, 0.1) is 6.92 Å². The second-order valence-electron chi connectivity index (χ2n) is 6.46. The number of ether oxygens (including phenoxy) is 1. The zero-order valence-corrected chi connectivity index (χ0v) is 17.9. The third kappa shape index (κ3) is 4.93. The monoisotopic (exact) mass is 419 g/mol. The summed E-state index contributed by atoms with van der Waals surface area (Å²) in [5, 5.41) is 2.77. The van der Waals surface area contributed by atoms with Crippen LogP contribution < -0.4 is 9.62 Å². The average molecular weight is 420 g/mol. The molecule has 0 saturated carbocycles. The van der Waals surface area contributed by atoms with E-state index in [2.05, 4.69) is 5.32 Å². The van der Waals surface area contributed by atoms with Crippen LogP contribution in [0.25, 0.3) is 0 Å². The van der Waals surface area contributed by atoms with E-state index in [1.807, 2.05) is 0 Å². The lowest BCUT2D eigenvalue weighted by Gasteiger charge is -2.23. The molecular formula is C20H25N3O5S. The van der Waals surface area contributed by atoms with Crippen LogP contribution in [-0.4, -0.2) is 52.3 Å². The molecule has 2 aromatic carbocycles. The second-order valence-corrected chi connectivity index (χ2v) is 8.63. The van der Waals surface area contributed by atoms with Crippen molar-refractivity contribution in [3.8, 4) is 0 Å². The van der Waals surface area contributed by atoms with Crippen LogP contribution in [0.3, 0.4) is 0 Å². The molecule has 0 spiro atoms. The van der Waals surface area contributed by atoms with Crippen molar-refractivity contribution in [2.45, 2.75) is 13.8 Å². The summed E-state index contributed by atoms with van der Waals surface area (Å²) in [5.41, 5.74) is 2.27. The smallest absolute Gasteiger partial charge is 0.338 e. The Labute approximate surface area is 171 Å². The van der Waals surface area contributed by atoms with Crippen molar-refractivity contribution < 1.29 is 22.7 Å². The number of esters is 1. The molecule has 1 amide bonds. The molecule has 0 aromatic heterocycles. The van der Waals surface area contributed by atoms with E-state index in [0.29, 0.717) is 28.1 Å². The molecule has 0 radical (unpaired) electrons. The van der Waals surface area contributed by atoms with Crippen molar-refractivity contribution in [3.05, 3.63) is 59.2 Å². The Balaban J connectivity index is 2.21. The Morgan fingerprint density at radius 2 is 1.66 bits per heavy atom. The molecule has 2 aromatic rings. The van der Waals surface area contributed by atoms with Gasteiger partial charge in [0.15, 0.2) is 0 Å². The van der Waals surface area contributed by atoms with E-state index >= 15 is 0 Å². The molecule has 0 saturated heterocycles. The van der Waals surface area contributed by atoms with Crippen molar-refractivity contribution in [3.63, 3.8) is 0 Å². The van der Waals surface area contributed by atoms with Crippen molar-refractivity contribution in [2.75, 3.05) is 37.4 Å². The van der Waals surface area contributed by atoms with Crippen LogP contribution in [0.5, 0.6) is 0 Å². The highest BCUT2D eigenvalue weighted by Gasteiger charge is 2.21. The van der Waals surface area contributed by atoms with Crippen LogP contribution >= 0.6 is 0 Å². The Morgan fingerprint density at radius 3 is 2.21 bits per heavy atom. The first kappa shape index (κ1) is 22.4. The van der Waals surface area contributed by atoms with Gasteiger partial charge >= 0.3 is 16.2 Å². The predicted octanol–water partition coefficient (Wildman–Crippen LogP) is 2.67. The highest BCUT2D eigenvalue weighted by molar-refractivity contribution is 7.90. The highest BCUT2D eigenvalue weighted by Crippen LogP contribution is 2.22. The Hall–Kier alpha value is -2.91. The molecule has 0 fully saturated rings. The third-order valence-corrected chi connectivity index (χ3v) is 6.20. The molecule has 0 unspecified atom stereocenters. The van der Waals surface area contributed by atoms with E-state index in [1.165, 1.54) is 33.3 Å². The Morgan fingerprint density at radius 1 is 1.03 bits per heavy atom. The maximum atomic E-state index is 12.6. The first-order chi connectivity index (χ1) is 13.6. The molecule has 29 heavy (non-hydrogen) atoms. The summed E-state index contributed by atoms with van der Waals surface area (Å²) in [6.45, 7) is 3.72. The van der Waals surface area contributed by atoms with Gasteiger partial charge in [0, 0.05) is 32.4 Å². The van der Waals surface area contributed by atoms with E-state index in [1.54, 1.807) is 44.2 Å². The summed E-state index contributed by atoms with van der Waals surface area (Å²) >= 11 is 0. The maximum Gasteiger partial charge on any atom is 0.338 e. The fraction of sp³-hybridized carbons (Fsp3) is 0.300. The van der Waals surface area contributed by atoms with Gasteiger partial charge in [0.25, 0.3) is 5.91 Å². The van der Waals surface area contributed by atoms with Crippen LogP contribution in [0.4, 0.5) is 11.4 Å². The number of rotatable bonds is 7. The van der Waals surface area contributed by atoms with Gasteiger partial charge in [-0.3, -0.25) is 9.10 Å². The van der Waals surface area contributed by atoms with E-state index < -0.39 is 16.2 Å². The number of carbonyl (C=O) groups excluding carboxylic acids is 2. The molecule has 0 bridgehead atoms. The molecule has 0 aliphatic carbocycles. The summed E-state index contributed by atoms with van der Waals surface area (Å²) < 4.78 is 31.6. The number of carbonyl (C=O) groups is 2. The number of nitrogens with zero attached hydrogens (tertiary/aromatic N) is 2. The fourth-order valence-corrected chi connectivity index (χ4v) is 3.47. The van der Waals surface area contributed by atoms with Crippen LogP contribution in [0.2, 0.25) is 0 Å². The number of amides is 1. The zero-order valence-electron chi connectivity index (χ0n) is 17.1. The quantitative estimate of drug-likeness (QED) is 0.696. The van der Waals surface area contributed by atoms with Gasteiger partial charge in [0.1, 0.15) is 0 Å². The number of hydrogen-bond acceptors (Lipinski definition) is 5. The van der Waals surface area contributed by atoms with Crippen molar-refractivity contribution >= 4 is 33.5 Å². The molecule has 0 atom stereocenters. The van der Waals surface area contributed by atoms with Gasteiger partial charge in [-0.25, -0.2) is 4.79 Å².